The molecular weight excluding hydrogens is 388 g/mol. The molecule has 1 saturated heterocycles. The number of barbiturate groups is 1. The number of imide groups is 2. The normalized spacial score (nSPS) is 15.5. The van der Waals surface area contributed by atoms with Crippen molar-refractivity contribution < 1.29 is 29.0 Å². The number of ether oxygens (including phenoxy) is 1. The molecule has 0 aliphatic carbocycles. The van der Waals surface area contributed by atoms with Crippen LogP contribution in [0.2, 0.25) is 5.02 Å². The van der Waals surface area contributed by atoms with Crippen molar-refractivity contribution in [2.45, 2.75) is 0 Å². The molecule has 28 heavy (non-hydrogen) atoms. The summed E-state index contributed by atoms with van der Waals surface area (Å²) < 4.78 is 5.17. The lowest BCUT2D eigenvalue weighted by atomic mass is 10.1. The summed E-state index contributed by atoms with van der Waals surface area (Å²) in [7, 11) is 0. The molecule has 0 aromatic heterocycles. The molecule has 0 spiro atoms. The summed E-state index contributed by atoms with van der Waals surface area (Å²) in [6.45, 7) is -0.618. The predicted octanol–water partition coefficient (Wildman–Crippen LogP) is 2.47. The van der Waals surface area contributed by atoms with Crippen LogP contribution in [0.15, 0.2) is 54.1 Å². The fourth-order valence-electron chi connectivity index (χ4n) is 2.53. The third kappa shape index (κ3) is 4.02. The van der Waals surface area contributed by atoms with E-state index < -0.39 is 30.4 Å². The van der Waals surface area contributed by atoms with Gasteiger partial charge in [-0.25, -0.2) is 14.5 Å². The molecular formula is C19H13ClN2O6. The predicted molar refractivity (Wildman–Crippen MR) is 100 cm³/mol. The standard InChI is InChI=1S/C19H13ClN2O6/c20-12-6-7-15(28-10-16(23)24)11(8-12)9-14-17(25)21-19(27)22(18(14)26)13-4-2-1-3-5-13/h1-9H,10H2,(H,23,24)(H,21,25,27)/b14-9+. The van der Waals surface area contributed by atoms with E-state index in [1.807, 2.05) is 0 Å². The molecule has 1 aliphatic heterocycles. The van der Waals surface area contributed by atoms with Gasteiger partial charge in [-0.1, -0.05) is 29.8 Å². The van der Waals surface area contributed by atoms with Crippen molar-refractivity contribution >= 4 is 47.2 Å². The van der Waals surface area contributed by atoms with Gasteiger partial charge in [0.15, 0.2) is 6.61 Å². The first-order valence-corrected chi connectivity index (χ1v) is 8.35. The lowest BCUT2D eigenvalue weighted by Crippen LogP contribution is -2.54. The first-order chi connectivity index (χ1) is 13.4. The maximum atomic E-state index is 12.8. The van der Waals surface area contributed by atoms with Gasteiger partial charge in [0.25, 0.3) is 11.8 Å². The molecule has 0 bridgehead atoms. The van der Waals surface area contributed by atoms with Gasteiger partial charge in [-0.05, 0) is 36.4 Å². The number of carbonyl (C=O) groups excluding carboxylic acids is 3. The number of amides is 4. The minimum atomic E-state index is -1.19. The number of anilines is 1. The average Bonchev–Trinajstić information content (AvgIpc) is 2.65. The van der Waals surface area contributed by atoms with E-state index in [9.17, 15) is 19.2 Å². The van der Waals surface area contributed by atoms with Crippen LogP contribution >= 0.6 is 11.6 Å². The number of aliphatic carboxylic acids is 1. The summed E-state index contributed by atoms with van der Waals surface area (Å²) in [4.78, 5) is 48.8. The Morgan fingerprint density at radius 1 is 1.14 bits per heavy atom. The smallest absolute Gasteiger partial charge is 0.341 e. The van der Waals surface area contributed by atoms with E-state index in [-0.39, 0.29) is 27.6 Å². The Balaban J connectivity index is 2.02. The topological polar surface area (TPSA) is 113 Å². The first-order valence-electron chi connectivity index (χ1n) is 7.97. The Labute approximate surface area is 164 Å². The number of nitrogens with one attached hydrogen (secondary N) is 1. The van der Waals surface area contributed by atoms with Gasteiger partial charge >= 0.3 is 12.0 Å². The summed E-state index contributed by atoms with van der Waals surface area (Å²) in [5, 5.41) is 11.2. The van der Waals surface area contributed by atoms with Crippen molar-refractivity contribution in [1.29, 1.82) is 0 Å². The molecule has 2 aromatic carbocycles. The van der Waals surface area contributed by atoms with Gasteiger partial charge in [-0.15, -0.1) is 0 Å². The number of hydrogen-bond donors (Lipinski definition) is 2. The van der Waals surface area contributed by atoms with Gasteiger partial charge in [0, 0.05) is 10.6 Å². The van der Waals surface area contributed by atoms with Crippen LogP contribution in [-0.2, 0) is 14.4 Å². The molecule has 3 rings (SSSR count). The number of benzene rings is 2. The van der Waals surface area contributed by atoms with E-state index >= 15 is 0 Å². The second-order valence-electron chi connectivity index (χ2n) is 5.66. The monoisotopic (exact) mass is 400 g/mol. The van der Waals surface area contributed by atoms with E-state index in [1.54, 1.807) is 30.3 Å². The molecule has 1 heterocycles. The number of rotatable bonds is 5. The van der Waals surface area contributed by atoms with Crippen LogP contribution in [-0.4, -0.2) is 35.5 Å². The Morgan fingerprint density at radius 2 is 1.86 bits per heavy atom. The van der Waals surface area contributed by atoms with Crippen LogP contribution < -0.4 is 15.0 Å². The number of carboxylic acid groups (broad SMARTS) is 1. The molecule has 142 valence electrons. The highest BCUT2D eigenvalue weighted by atomic mass is 35.5. The Bertz CT molecular complexity index is 1000. The second kappa shape index (κ2) is 7.93. The zero-order valence-electron chi connectivity index (χ0n) is 14.2. The Kier molecular flexibility index (Phi) is 5.42. The molecule has 4 amide bonds. The van der Waals surface area contributed by atoms with E-state index in [0.717, 1.165) is 4.90 Å². The van der Waals surface area contributed by atoms with E-state index in [0.29, 0.717) is 0 Å². The average molecular weight is 401 g/mol. The van der Waals surface area contributed by atoms with Crippen molar-refractivity contribution in [2.75, 3.05) is 11.5 Å². The highest BCUT2D eigenvalue weighted by Gasteiger charge is 2.36. The van der Waals surface area contributed by atoms with Crippen LogP contribution in [0.1, 0.15) is 5.56 Å². The minimum Gasteiger partial charge on any atom is -0.481 e. The highest BCUT2D eigenvalue weighted by molar-refractivity contribution is 6.39. The van der Waals surface area contributed by atoms with Crippen molar-refractivity contribution in [2.24, 2.45) is 0 Å². The summed E-state index contributed by atoms with van der Waals surface area (Å²) in [5.41, 5.74) is 0.178. The number of nitrogens with zero attached hydrogens (tertiary/aromatic N) is 1. The summed E-state index contributed by atoms with van der Waals surface area (Å²) >= 11 is 5.97. The van der Waals surface area contributed by atoms with Gasteiger partial charge in [-0.2, -0.15) is 0 Å². The van der Waals surface area contributed by atoms with Crippen molar-refractivity contribution in [1.82, 2.24) is 5.32 Å². The highest BCUT2D eigenvalue weighted by Crippen LogP contribution is 2.27. The quantitative estimate of drug-likeness (QED) is 0.588. The number of carbonyl (C=O) groups is 4. The molecule has 0 saturated carbocycles. The molecule has 0 atom stereocenters. The fraction of sp³-hybridized carbons (Fsp3) is 0.0526. The second-order valence-corrected chi connectivity index (χ2v) is 6.09. The number of carboxylic acids is 1. The third-order valence-electron chi connectivity index (χ3n) is 3.74. The zero-order chi connectivity index (χ0) is 20.3. The lowest BCUT2D eigenvalue weighted by molar-refractivity contribution is -0.139. The molecule has 2 N–H and O–H groups in total. The van der Waals surface area contributed by atoms with Crippen molar-refractivity contribution in [3.8, 4) is 5.75 Å². The van der Waals surface area contributed by atoms with Crippen LogP contribution in [0.3, 0.4) is 0 Å². The number of halogens is 1. The third-order valence-corrected chi connectivity index (χ3v) is 3.97. The first kappa shape index (κ1) is 19.1. The van der Waals surface area contributed by atoms with Gasteiger partial charge < -0.3 is 9.84 Å². The van der Waals surface area contributed by atoms with Gasteiger partial charge in [0.1, 0.15) is 11.3 Å². The van der Waals surface area contributed by atoms with Crippen LogP contribution in [0, 0.1) is 0 Å². The summed E-state index contributed by atoms with van der Waals surface area (Å²) in [6.07, 6.45) is 1.20. The van der Waals surface area contributed by atoms with E-state index in [2.05, 4.69) is 5.32 Å². The Morgan fingerprint density at radius 3 is 2.54 bits per heavy atom. The minimum absolute atomic E-state index is 0.114. The molecule has 9 heteroatoms. The maximum Gasteiger partial charge on any atom is 0.341 e. The molecule has 0 radical (unpaired) electrons. The lowest BCUT2D eigenvalue weighted by Gasteiger charge is -2.26. The number of hydrogen-bond acceptors (Lipinski definition) is 5. The molecule has 1 aliphatic rings. The fourth-order valence-corrected chi connectivity index (χ4v) is 2.71. The van der Waals surface area contributed by atoms with Crippen LogP contribution in [0.25, 0.3) is 6.08 Å². The number of para-hydroxylation sites is 1. The van der Waals surface area contributed by atoms with Gasteiger partial charge in [0.2, 0.25) is 0 Å². The largest absolute Gasteiger partial charge is 0.481 e. The molecule has 8 nitrogen and oxygen atoms in total. The maximum absolute atomic E-state index is 12.8. The number of urea groups is 1. The molecule has 2 aromatic rings. The van der Waals surface area contributed by atoms with Crippen LogP contribution in [0.5, 0.6) is 5.75 Å². The summed E-state index contributed by atoms with van der Waals surface area (Å²) in [6, 6.07) is 11.5. The van der Waals surface area contributed by atoms with Crippen LogP contribution in [0.4, 0.5) is 10.5 Å². The Hall–Kier alpha value is -3.65. The van der Waals surface area contributed by atoms with Gasteiger partial charge in [-0.3, -0.25) is 14.9 Å². The van der Waals surface area contributed by atoms with E-state index in [4.69, 9.17) is 21.4 Å². The molecule has 1 fully saturated rings. The molecule has 0 unspecified atom stereocenters. The SMILES string of the molecule is O=C(O)COc1ccc(Cl)cc1/C=C1\C(=O)NC(=O)N(c2ccccc2)C1=O. The van der Waals surface area contributed by atoms with Crippen molar-refractivity contribution in [3.63, 3.8) is 0 Å². The van der Waals surface area contributed by atoms with Crippen molar-refractivity contribution in [3.05, 3.63) is 64.7 Å². The summed E-state index contributed by atoms with van der Waals surface area (Å²) in [5.74, 6) is -2.79. The zero-order valence-corrected chi connectivity index (χ0v) is 15.0. The van der Waals surface area contributed by atoms with E-state index in [1.165, 1.54) is 24.3 Å². The van der Waals surface area contributed by atoms with Gasteiger partial charge in [0.05, 0.1) is 5.69 Å².